The van der Waals surface area contributed by atoms with E-state index in [0.717, 1.165) is 29.4 Å². The molecule has 0 saturated heterocycles. The first kappa shape index (κ1) is 17.4. The Balaban J connectivity index is 1.69. The van der Waals surface area contributed by atoms with Gasteiger partial charge in [0.1, 0.15) is 0 Å². The van der Waals surface area contributed by atoms with Crippen molar-refractivity contribution in [2.24, 2.45) is 0 Å². The molecule has 1 heterocycles. The third kappa shape index (κ3) is 4.35. The SMILES string of the molecule is CC(=O)N(CCC(=O)NC1CCCCC1)c1cccc2cccnc12. The van der Waals surface area contributed by atoms with Crippen LogP contribution in [0.25, 0.3) is 10.9 Å². The Morgan fingerprint density at radius 1 is 1.16 bits per heavy atom. The molecule has 0 atom stereocenters. The zero-order valence-corrected chi connectivity index (χ0v) is 14.7. The van der Waals surface area contributed by atoms with Crippen molar-refractivity contribution < 1.29 is 9.59 Å². The number of nitrogens with one attached hydrogen (secondary N) is 1. The summed E-state index contributed by atoms with van der Waals surface area (Å²) in [6.07, 6.45) is 7.79. The molecule has 1 N–H and O–H groups in total. The van der Waals surface area contributed by atoms with E-state index in [4.69, 9.17) is 0 Å². The van der Waals surface area contributed by atoms with Crippen molar-refractivity contribution in [1.82, 2.24) is 10.3 Å². The molecule has 3 rings (SSSR count). The van der Waals surface area contributed by atoms with Crippen LogP contribution in [-0.2, 0) is 9.59 Å². The number of benzene rings is 1. The fraction of sp³-hybridized carbons (Fsp3) is 0.450. The molecule has 1 aromatic heterocycles. The molecule has 2 amide bonds. The molecule has 25 heavy (non-hydrogen) atoms. The number of carbonyl (C=O) groups excluding carboxylic acids is 2. The van der Waals surface area contributed by atoms with Gasteiger partial charge in [-0.3, -0.25) is 14.6 Å². The number of para-hydroxylation sites is 1. The number of carbonyl (C=O) groups is 2. The van der Waals surface area contributed by atoms with Gasteiger partial charge >= 0.3 is 0 Å². The number of hydrogen-bond acceptors (Lipinski definition) is 3. The molecule has 1 aliphatic rings. The van der Waals surface area contributed by atoms with Crippen molar-refractivity contribution in [1.29, 1.82) is 0 Å². The second kappa shape index (κ2) is 8.10. The molecule has 0 aliphatic heterocycles. The Labute approximate surface area is 148 Å². The van der Waals surface area contributed by atoms with Gasteiger partial charge in [-0.25, -0.2) is 0 Å². The summed E-state index contributed by atoms with van der Waals surface area (Å²) in [6, 6.07) is 9.92. The van der Waals surface area contributed by atoms with Crippen molar-refractivity contribution in [3.05, 3.63) is 36.5 Å². The van der Waals surface area contributed by atoms with Crippen LogP contribution >= 0.6 is 0 Å². The Kier molecular flexibility index (Phi) is 5.64. The van der Waals surface area contributed by atoms with E-state index in [1.54, 1.807) is 11.1 Å². The first-order valence-electron chi connectivity index (χ1n) is 9.06. The van der Waals surface area contributed by atoms with Crippen LogP contribution in [0.4, 0.5) is 5.69 Å². The summed E-state index contributed by atoms with van der Waals surface area (Å²) >= 11 is 0. The normalized spacial score (nSPS) is 15.1. The third-order valence-corrected chi connectivity index (χ3v) is 4.82. The zero-order valence-electron chi connectivity index (χ0n) is 14.7. The van der Waals surface area contributed by atoms with E-state index in [0.29, 0.717) is 19.0 Å². The van der Waals surface area contributed by atoms with Crippen LogP contribution in [0.15, 0.2) is 36.5 Å². The number of nitrogens with zero attached hydrogens (tertiary/aromatic N) is 2. The van der Waals surface area contributed by atoms with Crippen molar-refractivity contribution in [3.8, 4) is 0 Å². The monoisotopic (exact) mass is 339 g/mol. The van der Waals surface area contributed by atoms with Gasteiger partial charge in [-0.1, -0.05) is 37.5 Å². The average molecular weight is 339 g/mol. The van der Waals surface area contributed by atoms with Gasteiger partial charge in [0, 0.05) is 37.5 Å². The second-order valence-corrected chi connectivity index (χ2v) is 6.68. The number of fused-ring (bicyclic) bond motifs is 1. The van der Waals surface area contributed by atoms with E-state index in [9.17, 15) is 9.59 Å². The number of aromatic nitrogens is 1. The molecular weight excluding hydrogens is 314 g/mol. The molecule has 2 aromatic rings. The maximum atomic E-state index is 12.3. The number of rotatable bonds is 5. The summed E-state index contributed by atoms with van der Waals surface area (Å²) in [5.74, 6) is -0.0602. The highest BCUT2D eigenvalue weighted by Gasteiger charge is 2.19. The van der Waals surface area contributed by atoms with Crippen LogP contribution in [0.5, 0.6) is 0 Å². The van der Waals surface area contributed by atoms with E-state index in [1.165, 1.54) is 26.2 Å². The second-order valence-electron chi connectivity index (χ2n) is 6.68. The van der Waals surface area contributed by atoms with Gasteiger partial charge in [-0.2, -0.15) is 0 Å². The first-order valence-corrected chi connectivity index (χ1v) is 9.06. The third-order valence-electron chi connectivity index (χ3n) is 4.82. The standard InChI is InChI=1S/C20H25N3O2/c1-15(24)23(14-12-19(25)22-17-9-3-2-4-10-17)18-11-5-7-16-8-6-13-21-20(16)18/h5-8,11,13,17H,2-4,9-10,12,14H2,1H3,(H,22,25). The lowest BCUT2D eigenvalue weighted by molar-refractivity contribution is -0.121. The Morgan fingerprint density at radius 2 is 1.92 bits per heavy atom. The van der Waals surface area contributed by atoms with Crippen LogP contribution < -0.4 is 10.2 Å². The summed E-state index contributed by atoms with van der Waals surface area (Å²) in [4.78, 5) is 30.5. The Bertz CT molecular complexity index is 748. The Morgan fingerprint density at radius 3 is 2.68 bits per heavy atom. The number of anilines is 1. The largest absolute Gasteiger partial charge is 0.353 e. The highest BCUT2D eigenvalue weighted by molar-refractivity contribution is 6.01. The molecule has 1 aliphatic carbocycles. The van der Waals surface area contributed by atoms with Crippen LogP contribution in [0.1, 0.15) is 45.4 Å². The molecule has 1 aromatic carbocycles. The van der Waals surface area contributed by atoms with Crippen LogP contribution in [0.2, 0.25) is 0 Å². The van der Waals surface area contributed by atoms with Gasteiger partial charge in [-0.05, 0) is 25.0 Å². The molecule has 0 bridgehead atoms. The smallest absolute Gasteiger partial charge is 0.223 e. The minimum Gasteiger partial charge on any atom is -0.353 e. The predicted octanol–water partition coefficient (Wildman–Crippen LogP) is 3.43. The summed E-state index contributed by atoms with van der Waals surface area (Å²) in [5, 5.41) is 4.09. The van der Waals surface area contributed by atoms with Gasteiger partial charge in [0.25, 0.3) is 0 Å². The van der Waals surface area contributed by atoms with Crippen molar-refractivity contribution >= 4 is 28.4 Å². The summed E-state index contributed by atoms with van der Waals surface area (Å²) in [7, 11) is 0. The number of hydrogen-bond donors (Lipinski definition) is 1. The fourth-order valence-electron chi connectivity index (χ4n) is 3.51. The van der Waals surface area contributed by atoms with Crippen LogP contribution in [0.3, 0.4) is 0 Å². The van der Waals surface area contributed by atoms with E-state index in [1.807, 2.05) is 30.3 Å². The maximum absolute atomic E-state index is 12.3. The molecule has 0 unspecified atom stereocenters. The van der Waals surface area contributed by atoms with Gasteiger partial charge in [0.05, 0.1) is 11.2 Å². The fourth-order valence-corrected chi connectivity index (χ4v) is 3.51. The van der Waals surface area contributed by atoms with Crippen molar-refractivity contribution in [2.45, 2.75) is 51.5 Å². The molecule has 132 valence electrons. The number of amides is 2. The molecule has 1 fully saturated rings. The van der Waals surface area contributed by atoms with Gasteiger partial charge in [0.2, 0.25) is 11.8 Å². The molecular formula is C20H25N3O2. The van der Waals surface area contributed by atoms with E-state index >= 15 is 0 Å². The van der Waals surface area contributed by atoms with Gasteiger partial charge in [0.15, 0.2) is 0 Å². The van der Waals surface area contributed by atoms with E-state index < -0.39 is 0 Å². The topological polar surface area (TPSA) is 62.3 Å². The molecule has 0 radical (unpaired) electrons. The lowest BCUT2D eigenvalue weighted by atomic mass is 9.95. The minimum atomic E-state index is -0.0800. The molecule has 0 spiro atoms. The first-order chi connectivity index (χ1) is 12.1. The van der Waals surface area contributed by atoms with Crippen LogP contribution in [0, 0.1) is 0 Å². The lowest BCUT2D eigenvalue weighted by Crippen LogP contribution is -2.39. The highest BCUT2D eigenvalue weighted by Crippen LogP contribution is 2.25. The highest BCUT2D eigenvalue weighted by atomic mass is 16.2. The van der Waals surface area contributed by atoms with Crippen molar-refractivity contribution in [2.75, 3.05) is 11.4 Å². The average Bonchev–Trinajstić information content (AvgIpc) is 2.62. The Hall–Kier alpha value is -2.43. The molecule has 5 nitrogen and oxygen atoms in total. The van der Waals surface area contributed by atoms with Gasteiger partial charge < -0.3 is 10.2 Å². The minimum absolute atomic E-state index is 0.0198. The summed E-state index contributed by atoms with van der Waals surface area (Å²) in [6.45, 7) is 1.89. The summed E-state index contributed by atoms with van der Waals surface area (Å²) < 4.78 is 0. The van der Waals surface area contributed by atoms with E-state index in [2.05, 4.69) is 10.3 Å². The quantitative estimate of drug-likeness (QED) is 0.908. The van der Waals surface area contributed by atoms with E-state index in [-0.39, 0.29) is 11.8 Å². The maximum Gasteiger partial charge on any atom is 0.223 e. The van der Waals surface area contributed by atoms with Crippen molar-refractivity contribution in [3.63, 3.8) is 0 Å². The molecule has 1 saturated carbocycles. The predicted molar refractivity (Wildman–Crippen MR) is 99.4 cm³/mol. The number of pyridine rings is 1. The summed E-state index contributed by atoms with van der Waals surface area (Å²) in [5.41, 5.74) is 1.55. The van der Waals surface area contributed by atoms with Gasteiger partial charge in [-0.15, -0.1) is 0 Å². The molecule has 5 heteroatoms. The zero-order chi connectivity index (χ0) is 17.6. The lowest BCUT2D eigenvalue weighted by Gasteiger charge is -2.25. The van der Waals surface area contributed by atoms with Crippen LogP contribution in [-0.4, -0.2) is 29.4 Å².